The molecule has 0 radical (unpaired) electrons. The average molecular weight is 382 g/mol. The Kier molecular flexibility index (Phi) is 5.17. The van der Waals surface area contributed by atoms with Gasteiger partial charge in [-0.05, 0) is 68.4 Å². The molecule has 0 unspecified atom stereocenters. The Hall–Kier alpha value is -2.67. The van der Waals surface area contributed by atoms with Crippen molar-refractivity contribution in [2.45, 2.75) is 44.7 Å². The van der Waals surface area contributed by atoms with E-state index >= 15 is 0 Å². The van der Waals surface area contributed by atoms with Crippen molar-refractivity contribution in [1.82, 2.24) is 20.0 Å². The fourth-order valence-corrected chi connectivity index (χ4v) is 3.74. The molecule has 7 nitrogen and oxygen atoms in total. The molecule has 0 bridgehead atoms. The second-order valence-corrected chi connectivity index (χ2v) is 8.07. The van der Waals surface area contributed by atoms with Gasteiger partial charge in [-0.15, -0.1) is 0 Å². The Labute approximate surface area is 164 Å². The molecule has 1 amide bonds. The third kappa shape index (κ3) is 4.42. The molecule has 7 heteroatoms. The molecule has 28 heavy (non-hydrogen) atoms. The Balaban J connectivity index is 1.29. The fourth-order valence-electron chi connectivity index (χ4n) is 3.74. The highest BCUT2D eigenvalue weighted by Crippen LogP contribution is 2.33. The maximum atomic E-state index is 12.5. The minimum atomic E-state index is -0.777. The summed E-state index contributed by atoms with van der Waals surface area (Å²) in [4.78, 5) is 25.7. The van der Waals surface area contributed by atoms with Crippen LogP contribution in [0.3, 0.4) is 0 Å². The number of aromatic nitrogens is 2. The highest BCUT2D eigenvalue weighted by molar-refractivity contribution is 5.94. The molecule has 1 aromatic heterocycles. The van der Waals surface area contributed by atoms with E-state index in [4.69, 9.17) is 5.11 Å². The summed E-state index contributed by atoms with van der Waals surface area (Å²) in [6, 6.07) is 7.75. The molecule has 2 saturated carbocycles. The molecule has 0 aliphatic heterocycles. The SMILES string of the molecule is Cc1cnn(-c2ccc(C(=O)NC3CC(N(CC(=O)O)CC4CC4)C3)cc2)c1. The molecular formula is C21H26N4O3. The van der Waals surface area contributed by atoms with E-state index in [1.807, 2.05) is 37.4 Å². The molecule has 148 valence electrons. The van der Waals surface area contributed by atoms with Gasteiger partial charge in [-0.25, -0.2) is 4.68 Å². The van der Waals surface area contributed by atoms with E-state index in [1.165, 1.54) is 12.8 Å². The summed E-state index contributed by atoms with van der Waals surface area (Å²) >= 11 is 0. The molecule has 0 saturated heterocycles. The lowest BCUT2D eigenvalue weighted by molar-refractivity contribution is -0.139. The van der Waals surface area contributed by atoms with Gasteiger partial charge in [0, 0.05) is 30.4 Å². The molecule has 4 rings (SSSR count). The molecular weight excluding hydrogens is 356 g/mol. The molecule has 2 fully saturated rings. The van der Waals surface area contributed by atoms with E-state index in [9.17, 15) is 9.59 Å². The predicted molar refractivity (Wildman–Crippen MR) is 105 cm³/mol. The van der Waals surface area contributed by atoms with Crippen molar-refractivity contribution in [1.29, 1.82) is 0 Å². The van der Waals surface area contributed by atoms with Gasteiger partial charge in [-0.2, -0.15) is 5.10 Å². The first-order valence-corrected chi connectivity index (χ1v) is 9.86. The van der Waals surface area contributed by atoms with Gasteiger partial charge in [0.05, 0.1) is 18.4 Å². The zero-order valence-corrected chi connectivity index (χ0v) is 16.0. The van der Waals surface area contributed by atoms with Crippen LogP contribution in [0.4, 0.5) is 0 Å². The number of hydrogen-bond donors (Lipinski definition) is 2. The van der Waals surface area contributed by atoms with Crippen LogP contribution >= 0.6 is 0 Å². The average Bonchev–Trinajstić information content (AvgIpc) is 3.34. The van der Waals surface area contributed by atoms with Gasteiger partial charge in [0.15, 0.2) is 0 Å². The van der Waals surface area contributed by atoms with Crippen molar-refractivity contribution in [3.63, 3.8) is 0 Å². The predicted octanol–water partition coefficient (Wildman–Crippen LogP) is 2.24. The van der Waals surface area contributed by atoms with Crippen LogP contribution in [0.1, 0.15) is 41.6 Å². The zero-order valence-electron chi connectivity index (χ0n) is 16.0. The number of hydrogen-bond acceptors (Lipinski definition) is 4. The number of carbonyl (C=O) groups excluding carboxylic acids is 1. The van der Waals surface area contributed by atoms with Crippen LogP contribution in [-0.2, 0) is 4.79 Å². The van der Waals surface area contributed by atoms with Gasteiger partial charge in [0.25, 0.3) is 5.91 Å². The number of amides is 1. The smallest absolute Gasteiger partial charge is 0.317 e. The number of nitrogens with zero attached hydrogens (tertiary/aromatic N) is 3. The highest BCUT2D eigenvalue weighted by atomic mass is 16.4. The van der Waals surface area contributed by atoms with Crippen LogP contribution in [-0.4, -0.2) is 56.8 Å². The van der Waals surface area contributed by atoms with E-state index in [0.29, 0.717) is 11.5 Å². The number of benzene rings is 1. The zero-order chi connectivity index (χ0) is 19.7. The monoisotopic (exact) mass is 382 g/mol. The van der Waals surface area contributed by atoms with Crippen molar-refractivity contribution in [3.05, 3.63) is 47.8 Å². The summed E-state index contributed by atoms with van der Waals surface area (Å²) in [6.45, 7) is 2.95. The Morgan fingerprint density at radius 2 is 1.96 bits per heavy atom. The van der Waals surface area contributed by atoms with E-state index in [2.05, 4.69) is 15.3 Å². The van der Waals surface area contributed by atoms with E-state index in [1.54, 1.807) is 10.9 Å². The maximum Gasteiger partial charge on any atom is 0.317 e. The quantitative estimate of drug-likeness (QED) is 0.731. The van der Waals surface area contributed by atoms with Gasteiger partial charge in [-0.1, -0.05) is 0 Å². The first-order valence-electron chi connectivity index (χ1n) is 9.86. The van der Waals surface area contributed by atoms with Crippen LogP contribution in [0.15, 0.2) is 36.7 Å². The lowest BCUT2D eigenvalue weighted by Crippen LogP contribution is -2.55. The van der Waals surface area contributed by atoms with Gasteiger partial charge < -0.3 is 10.4 Å². The molecule has 2 aromatic rings. The van der Waals surface area contributed by atoms with E-state index in [-0.39, 0.29) is 24.5 Å². The second kappa shape index (κ2) is 7.75. The first kappa shape index (κ1) is 18.7. The van der Waals surface area contributed by atoms with Crippen LogP contribution in [0.2, 0.25) is 0 Å². The normalized spacial score (nSPS) is 21.4. The molecule has 2 N–H and O–H groups in total. The molecule has 1 aromatic carbocycles. The second-order valence-electron chi connectivity index (χ2n) is 8.07. The fraction of sp³-hybridized carbons (Fsp3) is 0.476. The summed E-state index contributed by atoms with van der Waals surface area (Å²) < 4.78 is 1.78. The summed E-state index contributed by atoms with van der Waals surface area (Å²) in [6.07, 6.45) is 7.78. The number of carbonyl (C=O) groups is 2. The Morgan fingerprint density at radius 1 is 1.25 bits per heavy atom. The van der Waals surface area contributed by atoms with Gasteiger partial charge in [-0.3, -0.25) is 14.5 Å². The molecule has 0 spiro atoms. The summed E-state index contributed by atoms with van der Waals surface area (Å²) in [5, 5.41) is 16.5. The van der Waals surface area contributed by atoms with Crippen LogP contribution in [0.25, 0.3) is 5.69 Å². The van der Waals surface area contributed by atoms with Gasteiger partial charge in [0.1, 0.15) is 0 Å². The summed E-state index contributed by atoms with van der Waals surface area (Å²) in [5.41, 5.74) is 2.62. The van der Waals surface area contributed by atoms with Crippen molar-refractivity contribution < 1.29 is 14.7 Å². The summed E-state index contributed by atoms with van der Waals surface area (Å²) in [7, 11) is 0. The highest BCUT2D eigenvalue weighted by Gasteiger charge is 2.37. The van der Waals surface area contributed by atoms with Crippen molar-refractivity contribution >= 4 is 11.9 Å². The third-order valence-electron chi connectivity index (χ3n) is 5.60. The lowest BCUT2D eigenvalue weighted by atomic mass is 9.85. The van der Waals surface area contributed by atoms with E-state index in [0.717, 1.165) is 30.6 Å². The van der Waals surface area contributed by atoms with Gasteiger partial charge >= 0.3 is 5.97 Å². The molecule has 0 atom stereocenters. The molecule has 1 heterocycles. The number of carboxylic acid groups (broad SMARTS) is 1. The van der Waals surface area contributed by atoms with Crippen molar-refractivity contribution in [2.75, 3.05) is 13.1 Å². The largest absolute Gasteiger partial charge is 0.480 e. The minimum Gasteiger partial charge on any atom is -0.480 e. The maximum absolute atomic E-state index is 12.5. The van der Waals surface area contributed by atoms with Crippen molar-refractivity contribution in [2.24, 2.45) is 5.92 Å². The minimum absolute atomic E-state index is 0.0846. The number of nitrogens with one attached hydrogen (secondary N) is 1. The number of aryl methyl sites for hydroxylation is 1. The number of aliphatic carboxylic acids is 1. The summed E-state index contributed by atoms with van der Waals surface area (Å²) in [5.74, 6) is -0.204. The lowest BCUT2D eigenvalue weighted by Gasteiger charge is -2.42. The Morgan fingerprint density at radius 3 is 2.54 bits per heavy atom. The molecule has 2 aliphatic carbocycles. The van der Waals surface area contributed by atoms with Gasteiger partial charge in [0.2, 0.25) is 0 Å². The topological polar surface area (TPSA) is 87.5 Å². The van der Waals surface area contributed by atoms with Crippen molar-refractivity contribution in [3.8, 4) is 5.69 Å². The third-order valence-corrected chi connectivity index (χ3v) is 5.60. The Bertz CT molecular complexity index is 851. The first-order chi connectivity index (χ1) is 13.5. The van der Waals surface area contributed by atoms with Crippen LogP contribution in [0, 0.1) is 12.8 Å². The number of rotatable bonds is 8. The van der Waals surface area contributed by atoms with Crippen LogP contribution < -0.4 is 5.32 Å². The number of carboxylic acids is 1. The van der Waals surface area contributed by atoms with Crippen LogP contribution in [0.5, 0.6) is 0 Å². The van der Waals surface area contributed by atoms with E-state index < -0.39 is 5.97 Å². The standard InChI is InChI=1S/C21H26N4O3/c1-14-10-22-25(11-14)18-6-4-16(5-7-18)21(28)23-17-8-19(9-17)24(13-20(26)27)12-15-2-3-15/h4-7,10-11,15,17,19H,2-3,8-9,12-13H2,1H3,(H,23,28)(H,26,27). The molecule has 2 aliphatic rings.